The van der Waals surface area contributed by atoms with Gasteiger partial charge in [0.25, 0.3) is 5.56 Å². The van der Waals surface area contributed by atoms with Crippen LogP contribution in [0, 0.1) is 53.8 Å². The molecular formula is C44H64F2N6O7S. The Morgan fingerprint density at radius 2 is 1.77 bits per heavy atom. The molecule has 0 spiro atoms. The lowest BCUT2D eigenvalue weighted by Gasteiger charge is -2.47. The number of terminal acetylenes is 1. The first-order valence-corrected chi connectivity index (χ1v) is 22.1. The lowest BCUT2D eigenvalue weighted by Crippen LogP contribution is -2.57. The Labute approximate surface area is 356 Å². The number of rotatable bonds is 14. The number of ether oxygens (including phenoxy) is 1. The van der Waals surface area contributed by atoms with Crippen LogP contribution >= 0.6 is 11.9 Å². The number of nitrogens with two attached hydrogens (primary N) is 1. The van der Waals surface area contributed by atoms with Gasteiger partial charge >= 0.3 is 6.09 Å². The molecule has 16 heteroatoms. The minimum Gasteiger partial charge on any atom is -0.497 e. The second-order valence-electron chi connectivity index (χ2n) is 17.9. The molecule has 1 saturated heterocycles. The quantitative estimate of drug-likeness (QED) is 0.0761. The number of methoxy groups -OCH3 is 1. The third kappa shape index (κ3) is 13.6. The minimum atomic E-state index is -2.33. The average molecular weight is 859 g/mol. The molecule has 1 aliphatic heterocycles. The maximum Gasteiger partial charge on any atom is 0.405 e. The van der Waals surface area contributed by atoms with E-state index in [0.717, 1.165) is 60.2 Å². The van der Waals surface area contributed by atoms with Crippen LogP contribution < -0.4 is 26.1 Å². The number of hydrogen-bond donors (Lipinski definition) is 5. The van der Waals surface area contributed by atoms with Gasteiger partial charge in [-0.05, 0) is 111 Å². The monoisotopic (exact) mass is 858 g/mol. The lowest BCUT2D eigenvalue weighted by molar-refractivity contribution is -0.141. The van der Waals surface area contributed by atoms with Gasteiger partial charge in [-0.25, -0.2) is 18.6 Å². The van der Waals surface area contributed by atoms with Gasteiger partial charge < -0.3 is 30.8 Å². The van der Waals surface area contributed by atoms with E-state index >= 15 is 0 Å². The number of primary amides is 1. The highest BCUT2D eigenvalue weighted by Crippen LogP contribution is 2.50. The van der Waals surface area contributed by atoms with Crippen molar-refractivity contribution in [3.8, 4) is 18.6 Å². The number of halogens is 2. The van der Waals surface area contributed by atoms with Crippen LogP contribution in [0.15, 0.2) is 23.0 Å². The van der Waals surface area contributed by atoms with E-state index in [-0.39, 0.29) is 17.4 Å². The summed E-state index contributed by atoms with van der Waals surface area (Å²) in [6, 6.07) is 4.04. The first kappa shape index (κ1) is 48.3. The third-order valence-corrected chi connectivity index (χ3v) is 13.5. The largest absolute Gasteiger partial charge is 0.497 e. The average Bonchev–Trinajstić information content (AvgIpc) is 4.13. The topological polar surface area (TPSA) is 197 Å². The van der Waals surface area contributed by atoms with Gasteiger partial charge in [-0.3, -0.25) is 23.9 Å². The van der Waals surface area contributed by atoms with Gasteiger partial charge in [-0.15, -0.1) is 12.8 Å². The molecule has 6 atom stereocenters. The minimum absolute atomic E-state index is 0.0121. The van der Waals surface area contributed by atoms with Crippen LogP contribution in [0.4, 0.5) is 13.6 Å². The van der Waals surface area contributed by atoms with Gasteiger partial charge in [0.15, 0.2) is 0 Å². The number of unbranched alkanes of at least 4 members (excludes halogenated alkanes) is 2. The smallest absolute Gasteiger partial charge is 0.405 e. The molecule has 1 aromatic carbocycles. The highest BCUT2D eigenvalue weighted by atomic mass is 32.2. The number of likely N-dealkylation sites (tertiary alicyclic amines) is 1. The van der Waals surface area contributed by atoms with E-state index in [4.69, 9.17) is 15.6 Å². The number of carbonyl (C=O) groups excluding carboxylic acids is 3. The molecule has 4 amide bonds. The molecule has 13 nitrogen and oxygen atoms in total. The van der Waals surface area contributed by atoms with E-state index in [2.05, 4.69) is 32.9 Å². The number of amides is 4. The van der Waals surface area contributed by atoms with Crippen LogP contribution in [0.25, 0.3) is 11.0 Å². The second-order valence-corrected chi connectivity index (χ2v) is 19.1. The number of fused-ring (bicyclic) bond motifs is 3. The van der Waals surface area contributed by atoms with Crippen LogP contribution in [-0.2, 0) is 20.8 Å². The van der Waals surface area contributed by atoms with Gasteiger partial charge in [0, 0.05) is 29.7 Å². The molecule has 2 aromatic rings. The summed E-state index contributed by atoms with van der Waals surface area (Å²) in [7, 11) is 1.62. The van der Waals surface area contributed by atoms with Gasteiger partial charge in [-0.1, -0.05) is 53.4 Å². The number of aromatic nitrogens is 2. The molecule has 6 N–H and O–H groups in total. The van der Waals surface area contributed by atoms with Crippen molar-refractivity contribution in [2.45, 2.75) is 135 Å². The molecule has 2 heterocycles. The number of carboxylic acid groups (broad SMARTS) is 1. The van der Waals surface area contributed by atoms with Crippen molar-refractivity contribution in [1.82, 2.24) is 24.9 Å². The molecule has 1 unspecified atom stereocenters. The molecular weight excluding hydrogens is 795 g/mol. The summed E-state index contributed by atoms with van der Waals surface area (Å²) in [6.07, 6.45) is 19.4. The van der Waals surface area contributed by atoms with E-state index in [9.17, 15) is 32.8 Å². The Morgan fingerprint density at radius 1 is 1.07 bits per heavy atom. The maximum atomic E-state index is 12.6. The van der Waals surface area contributed by atoms with Gasteiger partial charge in [0.1, 0.15) is 23.5 Å². The molecule has 332 valence electrons. The molecule has 0 radical (unpaired) electrons. The van der Waals surface area contributed by atoms with Crippen molar-refractivity contribution in [3.63, 3.8) is 0 Å². The first-order valence-electron chi connectivity index (χ1n) is 21.2. The highest BCUT2D eigenvalue weighted by Gasteiger charge is 2.49. The van der Waals surface area contributed by atoms with Crippen molar-refractivity contribution < 1.29 is 37.8 Å². The summed E-state index contributed by atoms with van der Waals surface area (Å²) in [4.78, 5) is 67.3. The van der Waals surface area contributed by atoms with Crippen molar-refractivity contribution in [2.75, 3.05) is 13.7 Å². The number of aryl methyl sites for hydroxylation is 1. The van der Waals surface area contributed by atoms with Crippen LogP contribution in [0.5, 0.6) is 5.75 Å². The van der Waals surface area contributed by atoms with E-state index in [0.29, 0.717) is 30.3 Å². The van der Waals surface area contributed by atoms with Crippen molar-refractivity contribution in [1.29, 1.82) is 0 Å². The maximum absolute atomic E-state index is 12.6. The molecule has 5 aliphatic carbocycles. The Hall–Kier alpha value is -4.39. The highest BCUT2D eigenvalue weighted by molar-refractivity contribution is 7.98. The number of aromatic amines is 1. The van der Waals surface area contributed by atoms with Crippen LogP contribution in [0.3, 0.4) is 0 Å². The summed E-state index contributed by atoms with van der Waals surface area (Å²) < 4.78 is 31.9. The molecule has 5 saturated carbocycles. The number of hydrogen-bond acceptors (Lipinski definition) is 8. The van der Waals surface area contributed by atoms with Gasteiger partial charge in [-0.2, -0.15) is 0 Å². The fourth-order valence-electron chi connectivity index (χ4n) is 8.51. The first-order chi connectivity index (χ1) is 28.5. The summed E-state index contributed by atoms with van der Waals surface area (Å²) in [5.74, 6) is 1.57. The summed E-state index contributed by atoms with van der Waals surface area (Å²) in [5.41, 5.74) is 6.94. The summed E-state index contributed by atoms with van der Waals surface area (Å²) >= 11 is 1.39. The third-order valence-electron chi connectivity index (χ3n) is 12.3. The molecule has 2 bridgehead atoms. The van der Waals surface area contributed by atoms with E-state index < -0.39 is 53.7 Å². The zero-order chi connectivity index (χ0) is 44.3. The number of nitrogens with one attached hydrogen (secondary N) is 3. The standard InChI is InChI=1S/C21H28N2O2.C13H23N3O4.C8H11F2NOS.C2H2/c1-25-17-9-10-18-20(13-17)23-21(24)19(22-18)6-4-2-3-5-15-8-7-14-11-16(15)12-14;1-7-5-6-16(8(7)10(14)17)11(18)9(13(2,3)4)15-12(19)20;9-7(10)5-3-6(5)8(12)11-13-4-1-2-4;1-2/h9-10,13-16H,2-8,11-12H2,1H3,(H,23,24);7-9,15H,5-6H2,1-4H3,(H2,14,17)(H,19,20);4-7H,1-3H2,(H,11,12);1-2H/t14?,15-,16?;7-,8+,9-;5?,6-;/m010./s1. The second kappa shape index (κ2) is 21.9. The number of alkyl halides is 2. The normalized spacial score (nSPS) is 25.4. The van der Waals surface area contributed by atoms with Gasteiger partial charge in [0.05, 0.1) is 18.1 Å². The Balaban J connectivity index is 0.000000204. The van der Waals surface area contributed by atoms with Crippen LogP contribution in [0.1, 0.15) is 110 Å². The number of benzene rings is 1. The predicted octanol–water partition coefficient (Wildman–Crippen LogP) is 6.93. The number of H-pyrrole nitrogens is 1. The number of nitrogens with zero attached hydrogens (tertiary/aromatic N) is 2. The summed E-state index contributed by atoms with van der Waals surface area (Å²) in [5, 5.41) is 11.7. The zero-order valence-electron chi connectivity index (χ0n) is 35.6. The van der Waals surface area contributed by atoms with E-state index in [1.54, 1.807) is 27.9 Å². The molecule has 6 aliphatic rings. The Morgan fingerprint density at radius 3 is 2.32 bits per heavy atom. The molecule has 6 fully saturated rings. The van der Waals surface area contributed by atoms with Crippen LogP contribution in [0.2, 0.25) is 0 Å². The van der Waals surface area contributed by atoms with Crippen molar-refractivity contribution >= 4 is 46.8 Å². The molecule has 60 heavy (non-hydrogen) atoms. The van der Waals surface area contributed by atoms with Crippen molar-refractivity contribution in [3.05, 3.63) is 34.2 Å². The molecule has 8 rings (SSSR count). The van der Waals surface area contributed by atoms with E-state index in [1.165, 1.54) is 61.8 Å². The van der Waals surface area contributed by atoms with E-state index in [1.807, 2.05) is 25.1 Å². The predicted molar refractivity (Wildman–Crippen MR) is 229 cm³/mol. The summed E-state index contributed by atoms with van der Waals surface area (Å²) in [6.45, 7) is 7.58. The number of carbonyl (C=O) groups is 4. The SMILES string of the molecule is C#C.COc1ccc2nc(CCCCC[C@H]3CCC4CC3C4)c(=O)[nH]c2c1.C[C@@H]1CCN(C(=O)[C@@H](NC(=O)O)C(C)(C)C)[C@@H]1C(N)=O.O=C(NSC1CC1)[C@H]1CC1C(F)F. The fraction of sp³-hybridized carbons (Fsp3) is 0.682. The Kier molecular flexibility index (Phi) is 17.6. The van der Waals surface area contributed by atoms with Crippen LogP contribution in [-0.4, -0.2) is 81.2 Å². The Bertz CT molecular complexity index is 1860. The van der Waals surface area contributed by atoms with Crippen molar-refractivity contribution in [2.24, 2.45) is 46.7 Å². The zero-order valence-corrected chi connectivity index (χ0v) is 36.4. The van der Waals surface area contributed by atoms with Gasteiger partial charge in [0.2, 0.25) is 24.1 Å². The fourth-order valence-corrected chi connectivity index (χ4v) is 9.32. The lowest BCUT2D eigenvalue weighted by atomic mass is 9.59. The molecule has 1 aromatic heterocycles.